The molecule has 1 amide bonds. The van der Waals surface area contributed by atoms with E-state index >= 15 is 0 Å². The molecule has 0 spiro atoms. The molecule has 2 heterocycles. The zero-order chi connectivity index (χ0) is 19.6. The second-order valence-electron chi connectivity index (χ2n) is 5.87. The predicted octanol–water partition coefficient (Wildman–Crippen LogP) is 1.69. The van der Waals surface area contributed by atoms with Crippen molar-refractivity contribution < 1.29 is 4.79 Å². The van der Waals surface area contributed by atoms with Gasteiger partial charge in [0.1, 0.15) is 5.65 Å². The molecule has 0 saturated heterocycles. The number of pyridine rings is 1. The topological polar surface area (TPSA) is 86.0 Å². The van der Waals surface area contributed by atoms with Gasteiger partial charge in [0.25, 0.3) is 5.56 Å². The molecule has 0 unspecified atom stereocenters. The summed E-state index contributed by atoms with van der Waals surface area (Å²) >= 11 is 7.30. The number of amides is 1. The number of carbonyl (C=O) groups is 1. The van der Waals surface area contributed by atoms with E-state index in [4.69, 9.17) is 11.6 Å². The summed E-state index contributed by atoms with van der Waals surface area (Å²) in [5, 5.41) is 3.72. The van der Waals surface area contributed by atoms with Crippen molar-refractivity contribution in [1.29, 1.82) is 0 Å². The van der Waals surface area contributed by atoms with Gasteiger partial charge in [-0.2, -0.15) is 0 Å². The van der Waals surface area contributed by atoms with Crippen LogP contribution in [0.25, 0.3) is 11.0 Å². The Morgan fingerprint density at radius 1 is 1.19 bits per heavy atom. The highest BCUT2D eigenvalue weighted by Gasteiger charge is 2.14. The number of hydrogen-bond donors (Lipinski definition) is 1. The normalized spacial score (nSPS) is 10.9. The molecular formula is C18H17ClN4O3S. The van der Waals surface area contributed by atoms with Crippen LogP contribution in [-0.2, 0) is 25.4 Å². The highest BCUT2D eigenvalue weighted by atomic mass is 35.5. The van der Waals surface area contributed by atoms with Crippen LogP contribution < -0.4 is 16.6 Å². The smallest absolute Gasteiger partial charge is 0.332 e. The highest BCUT2D eigenvalue weighted by molar-refractivity contribution is 8.00. The van der Waals surface area contributed by atoms with Crippen LogP contribution in [0.5, 0.6) is 0 Å². The molecule has 2 aromatic heterocycles. The van der Waals surface area contributed by atoms with Gasteiger partial charge >= 0.3 is 5.69 Å². The molecule has 9 heteroatoms. The van der Waals surface area contributed by atoms with Gasteiger partial charge in [0.15, 0.2) is 0 Å². The van der Waals surface area contributed by atoms with Crippen molar-refractivity contribution in [3.05, 3.63) is 68.0 Å². The summed E-state index contributed by atoms with van der Waals surface area (Å²) in [5.41, 5.74) is 0.250. The van der Waals surface area contributed by atoms with Crippen LogP contribution in [0, 0.1) is 0 Å². The minimum absolute atomic E-state index is 0.121. The maximum Gasteiger partial charge on any atom is 0.332 e. The van der Waals surface area contributed by atoms with Crippen molar-refractivity contribution in [2.24, 2.45) is 14.1 Å². The van der Waals surface area contributed by atoms with Gasteiger partial charge in [0.2, 0.25) is 5.91 Å². The van der Waals surface area contributed by atoms with E-state index in [1.54, 1.807) is 19.2 Å². The SMILES string of the molecule is Cn1c(=O)c2c(SCC(=O)NCc3ccccc3Cl)ccnc2n(C)c1=O. The molecule has 3 rings (SSSR count). The number of hydrogen-bond acceptors (Lipinski definition) is 5. The van der Waals surface area contributed by atoms with E-state index in [2.05, 4.69) is 10.3 Å². The van der Waals surface area contributed by atoms with Crippen LogP contribution in [0.15, 0.2) is 51.0 Å². The fourth-order valence-corrected chi connectivity index (χ4v) is 3.68. The number of rotatable bonds is 5. The first-order valence-corrected chi connectivity index (χ1v) is 9.44. The van der Waals surface area contributed by atoms with Gasteiger partial charge in [-0.1, -0.05) is 29.8 Å². The molecule has 140 valence electrons. The number of aryl methyl sites for hydroxylation is 1. The minimum Gasteiger partial charge on any atom is -0.351 e. The second kappa shape index (κ2) is 7.98. The molecule has 7 nitrogen and oxygen atoms in total. The van der Waals surface area contributed by atoms with E-state index in [0.29, 0.717) is 27.5 Å². The fraction of sp³-hybridized carbons (Fsp3) is 0.222. The Balaban J connectivity index is 1.78. The summed E-state index contributed by atoms with van der Waals surface area (Å²) in [6, 6.07) is 8.95. The van der Waals surface area contributed by atoms with E-state index in [0.717, 1.165) is 10.1 Å². The number of fused-ring (bicyclic) bond motifs is 1. The van der Waals surface area contributed by atoms with E-state index in [1.807, 2.05) is 18.2 Å². The van der Waals surface area contributed by atoms with Crippen LogP contribution in [0.1, 0.15) is 5.56 Å². The third-order valence-electron chi connectivity index (χ3n) is 4.10. The van der Waals surface area contributed by atoms with Crippen molar-refractivity contribution in [1.82, 2.24) is 19.4 Å². The zero-order valence-electron chi connectivity index (χ0n) is 14.7. The summed E-state index contributed by atoms with van der Waals surface area (Å²) in [4.78, 5) is 41.4. The highest BCUT2D eigenvalue weighted by Crippen LogP contribution is 2.23. The number of nitrogens with one attached hydrogen (secondary N) is 1. The summed E-state index contributed by atoms with van der Waals surface area (Å²) in [6.07, 6.45) is 1.52. The Morgan fingerprint density at radius 3 is 2.67 bits per heavy atom. The molecule has 0 fully saturated rings. The summed E-state index contributed by atoms with van der Waals surface area (Å²) in [7, 11) is 2.98. The van der Waals surface area contributed by atoms with Crippen LogP contribution in [-0.4, -0.2) is 25.8 Å². The maximum atomic E-state index is 12.5. The van der Waals surface area contributed by atoms with Crippen molar-refractivity contribution in [3.8, 4) is 0 Å². The lowest BCUT2D eigenvalue weighted by Crippen LogP contribution is -2.37. The monoisotopic (exact) mass is 404 g/mol. The van der Waals surface area contributed by atoms with Gasteiger partial charge in [0, 0.05) is 36.8 Å². The van der Waals surface area contributed by atoms with Crippen LogP contribution in [0.3, 0.4) is 0 Å². The average molecular weight is 405 g/mol. The third-order valence-corrected chi connectivity index (χ3v) is 5.52. The molecule has 0 bridgehead atoms. The summed E-state index contributed by atoms with van der Waals surface area (Å²) in [5.74, 6) is -0.0678. The predicted molar refractivity (Wildman–Crippen MR) is 106 cm³/mol. The third kappa shape index (κ3) is 3.91. The molecule has 0 aliphatic rings. The summed E-state index contributed by atoms with van der Waals surface area (Å²) < 4.78 is 2.35. The molecule has 0 atom stereocenters. The molecule has 1 N–H and O–H groups in total. The van der Waals surface area contributed by atoms with E-state index < -0.39 is 11.2 Å². The molecule has 27 heavy (non-hydrogen) atoms. The van der Waals surface area contributed by atoms with E-state index in [-0.39, 0.29) is 11.7 Å². The number of aromatic nitrogens is 3. The molecule has 0 saturated carbocycles. The molecule has 3 aromatic rings. The number of halogens is 1. The first-order chi connectivity index (χ1) is 12.9. The number of benzene rings is 1. The lowest BCUT2D eigenvalue weighted by Gasteiger charge is -2.10. The Kier molecular flexibility index (Phi) is 5.67. The Hall–Kier alpha value is -2.58. The number of thioether (sulfide) groups is 1. The van der Waals surface area contributed by atoms with Crippen LogP contribution in [0.2, 0.25) is 5.02 Å². The Morgan fingerprint density at radius 2 is 1.93 bits per heavy atom. The molecule has 0 aliphatic carbocycles. The standard InChI is InChI=1S/C18H17ClN4O3S/c1-22-16-15(17(25)23(2)18(22)26)13(7-8-20-16)27-10-14(24)21-9-11-5-3-4-6-12(11)19/h3-8H,9-10H2,1-2H3,(H,21,24). The first kappa shape index (κ1) is 19.2. The lowest BCUT2D eigenvalue weighted by atomic mass is 10.2. The van der Waals surface area contributed by atoms with Crippen LogP contribution >= 0.6 is 23.4 Å². The zero-order valence-corrected chi connectivity index (χ0v) is 16.3. The molecule has 0 aliphatic heterocycles. The van der Waals surface area contributed by atoms with Gasteiger partial charge in [-0.15, -0.1) is 11.8 Å². The van der Waals surface area contributed by atoms with Crippen molar-refractivity contribution in [2.75, 3.05) is 5.75 Å². The Bertz CT molecular complexity index is 1140. The van der Waals surface area contributed by atoms with Gasteiger partial charge < -0.3 is 5.32 Å². The fourth-order valence-electron chi connectivity index (χ4n) is 2.61. The van der Waals surface area contributed by atoms with Gasteiger partial charge in [-0.25, -0.2) is 9.78 Å². The first-order valence-electron chi connectivity index (χ1n) is 8.07. The number of nitrogens with zero attached hydrogens (tertiary/aromatic N) is 3. The molecule has 0 radical (unpaired) electrons. The molecular weight excluding hydrogens is 388 g/mol. The van der Waals surface area contributed by atoms with Crippen molar-refractivity contribution in [2.45, 2.75) is 11.4 Å². The Labute approximate surface area is 164 Å². The number of carbonyl (C=O) groups excluding carboxylic acids is 1. The molecule has 1 aromatic carbocycles. The maximum absolute atomic E-state index is 12.5. The van der Waals surface area contributed by atoms with Gasteiger partial charge in [-0.05, 0) is 17.7 Å². The lowest BCUT2D eigenvalue weighted by molar-refractivity contribution is -0.118. The van der Waals surface area contributed by atoms with Gasteiger partial charge in [0.05, 0.1) is 11.1 Å². The van der Waals surface area contributed by atoms with Crippen molar-refractivity contribution >= 4 is 40.3 Å². The summed E-state index contributed by atoms with van der Waals surface area (Å²) in [6.45, 7) is 0.326. The quantitative estimate of drug-likeness (QED) is 0.654. The minimum atomic E-state index is -0.445. The largest absolute Gasteiger partial charge is 0.351 e. The van der Waals surface area contributed by atoms with E-state index in [1.165, 1.54) is 29.6 Å². The van der Waals surface area contributed by atoms with E-state index in [9.17, 15) is 14.4 Å². The van der Waals surface area contributed by atoms with Crippen molar-refractivity contribution in [3.63, 3.8) is 0 Å². The second-order valence-corrected chi connectivity index (χ2v) is 7.29. The average Bonchev–Trinajstić information content (AvgIpc) is 2.68. The van der Waals surface area contributed by atoms with Crippen LogP contribution in [0.4, 0.5) is 0 Å². The van der Waals surface area contributed by atoms with Gasteiger partial charge in [-0.3, -0.25) is 18.7 Å².